The maximum absolute atomic E-state index is 11.0. The third-order valence-electron chi connectivity index (χ3n) is 2.11. The molecule has 0 aliphatic rings. The van der Waals surface area contributed by atoms with Crippen LogP contribution in [0, 0.1) is 13.8 Å². The highest BCUT2D eigenvalue weighted by atomic mass is 16.5. The van der Waals surface area contributed by atoms with Crippen LogP contribution < -0.4 is 4.74 Å². The van der Waals surface area contributed by atoms with E-state index in [-0.39, 0.29) is 11.4 Å². The fraction of sp³-hybridized carbons (Fsp3) is 0.182. The van der Waals surface area contributed by atoms with Gasteiger partial charge in [0.15, 0.2) is 0 Å². The molecule has 0 unspecified atom stereocenters. The molecule has 0 amide bonds. The molecule has 17 heavy (non-hydrogen) atoms. The molecule has 0 atom stereocenters. The van der Waals surface area contributed by atoms with Gasteiger partial charge in [-0.1, -0.05) is 0 Å². The number of rotatable bonds is 3. The molecule has 0 radical (unpaired) electrons. The number of nitrogens with one attached hydrogen (secondary N) is 1. The molecule has 6 heteroatoms. The van der Waals surface area contributed by atoms with E-state index in [1.165, 1.54) is 6.07 Å². The first-order valence-electron chi connectivity index (χ1n) is 4.97. The molecule has 0 aromatic carbocycles. The number of hydrogen-bond acceptors (Lipinski definition) is 4. The summed E-state index contributed by atoms with van der Waals surface area (Å²) in [6.07, 6.45) is 0. The van der Waals surface area contributed by atoms with Crippen molar-refractivity contribution in [2.75, 3.05) is 0 Å². The largest absolute Gasteiger partial charge is 0.477 e. The van der Waals surface area contributed by atoms with Crippen molar-refractivity contribution in [3.05, 3.63) is 35.2 Å². The monoisotopic (exact) mass is 233 g/mol. The van der Waals surface area contributed by atoms with Crippen LogP contribution in [-0.2, 0) is 0 Å². The summed E-state index contributed by atoms with van der Waals surface area (Å²) in [5.41, 5.74) is 1.51. The number of carboxylic acid groups (broad SMARTS) is 1. The average molecular weight is 233 g/mol. The van der Waals surface area contributed by atoms with Crippen LogP contribution in [0.25, 0.3) is 0 Å². The number of carboxylic acids is 1. The van der Waals surface area contributed by atoms with Crippen molar-refractivity contribution in [3.8, 4) is 11.8 Å². The quantitative estimate of drug-likeness (QED) is 0.845. The third-order valence-corrected chi connectivity index (χ3v) is 2.11. The van der Waals surface area contributed by atoms with Gasteiger partial charge in [-0.2, -0.15) is 0 Å². The van der Waals surface area contributed by atoms with E-state index in [0.717, 1.165) is 5.69 Å². The normalized spacial score (nSPS) is 10.2. The summed E-state index contributed by atoms with van der Waals surface area (Å²) in [7, 11) is 0. The molecule has 0 aliphatic heterocycles. The number of H-pyrrole nitrogens is 1. The molecule has 2 rings (SSSR count). The molecule has 0 saturated heterocycles. The Morgan fingerprint density at radius 1 is 1.41 bits per heavy atom. The smallest absolute Gasteiger partial charge is 0.341 e. The van der Waals surface area contributed by atoms with Gasteiger partial charge < -0.3 is 9.84 Å². The maximum atomic E-state index is 11.0. The molecular formula is C11H11N3O3. The Kier molecular flexibility index (Phi) is 2.78. The lowest BCUT2D eigenvalue weighted by molar-refractivity contribution is 0.0693. The highest BCUT2D eigenvalue weighted by Crippen LogP contribution is 2.22. The Morgan fingerprint density at radius 3 is 2.76 bits per heavy atom. The molecule has 88 valence electrons. The van der Waals surface area contributed by atoms with Crippen molar-refractivity contribution in [1.29, 1.82) is 0 Å². The van der Waals surface area contributed by atoms with Gasteiger partial charge in [-0.15, -0.1) is 5.10 Å². The molecule has 2 aromatic heterocycles. The highest BCUT2D eigenvalue weighted by Gasteiger charge is 2.14. The van der Waals surface area contributed by atoms with Gasteiger partial charge in [0, 0.05) is 17.5 Å². The number of aromatic amines is 1. The number of aromatic carboxylic acids is 1. The van der Waals surface area contributed by atoms with Crippen LogP contribution in [-0.4, -0.2) is 26.3 Å². The van der Waals surface area contributed by atoms with E-state index in [2.05, 4.69) is 15.2 Å². The summed E-state index contributed by atoms with van der Waals surface area (Å²) < 4.78 is 5.34. The third kappa shape index (κ3) is 2.41. The SMILES string of the molecule is Cc1ccc(C(=O)O)c(Oc2cc(C)[nH]n2)n1. The second-order valence-electron chi connectivity index (χ2n) is 3.60. The Balaban J connectivity index is 2.37. The lowest BCUT2D eigenvalue weighted by Crippen LogP contribution is -2.02. The first-order chi connectivity index (χ1) is 8.06. The Labute approximate surface area is 97.3 Å². The van der Waals surface area contributed by atoms with Gasteiger partial charge in [0.25, 0.3) is 0 Å². The van der Waals surface area contributed by atoms with Gasteiger partial charge in [-0.3, -0.25) is 5.10 Å². The summed E-state index contributed by atoms with van der Waals surface area (Å²) >= 11 is 0. The fourth-order valence-electron chi connectivity index (χ4n) is 1.32. The number of aryl methyl sites for hydroxylation is 2. The lowest BCUT2D eigenvalue weighted by atomic mass is 10.2. The van der Waals surface area contributed by atoms with Crippen molar-refractivity contribution in [2.24, 2.45) is 0 Å². The first-order valence-corrected chi connectivity index (χ1v) is 4.97. The van der Waals surface area contributed by atoms with Gasteiger partial charge in [0.1, 0.15) is 5.56 Å². The second-order valence-corrected chi connectivity index (χ2v) is 3.60. The molecule has 2 aromatic rings. The molecule has 2 N–H and O–H groups in total. The predicted molar refractivity (Wildman–Crippen MR) is 59.3 cm³/mol. The number of aromatic nitrogens is 3. The van der Waals surface area contributed by atoms with Crippen LogP contribution in [0.3, 0.4) is 0 Å². The van der Waals surface area contributed by atoms with E-state index in [1.807, 2.05) is 6.92 Å². The van der Waals surface area contributed by atoms with Crippen molar-refractivity contribution in [2.45, 2.75) is 13.8 Å². The topological polar surface area (TPSA) is 88.1 Å². The zero-order valence-corrected chi connectivity index (χ0v) is 9.39. The molecule has 0 spiro atoms. The molecule has 0 saturated carbocycles. The van der Waals surface area contributed by atoms with Crippen LogP contribution in [0.1, 0.15) is 21.7 Å². The molecular weight excluding hydrogens is 222 g/mol. The summed E-state index contributed by atoms with van der Waals surface area (Å²) in [6.45, 7) is 3.58. The van der Waals surface area contributed by atoms with Crippen molar-refractivity contribution >= 4 is 5.97 Å². The Morgan fingerprint density at radius 2 is 2.18 bits per heavy atom. The van der Waals surface area contributed by atoms with Crippen LogP contribution in [0.4, 0.5) is 0 Å². The molecule has 0 bridgehead atoms. The van der Waals surface area contributed by atoms with E-state index < -0.39 is 5.97 Å². The van der Waals surface area contributed by atoms with Crippen LogP contribution in [0.2, 0.25) is 0 Å². The summed E-state index contributed by atoms with van der Waals surface area (Å²) in [5, 5.41) is 15.6. The molecule has 6 nitrogen and oxygen atoms in total. The maximum Gasteiger partial charge on any atom is 0.341 e. The van der Waals surface area contributed by atoms with Gasteiger partial charge in [-0.05, 0) is 26.0 Å². The summed E-state index contributed by atoms with van der Waals surface area (Å²) in [6, 6.07) is 4.74. The van der Waals surface area contributed by atoms with Gasteiger partial charge >= 0.3 is 5.97 Å². The van der Waals surface area contributed by atoms with Crippen molar-refractivity contribution in [1.82, 2.24) is 15.2 Å². The minimum Gasteiger partial charge on any atom is -0.477 e. The van der Waals surface area contributed by atoms with E-state index >= 15 is 0 Å². The number of nitrogens with zero attached hydrogens (tertiary/aromatic N) is 2. The van der Waals surface area contributed by atoms with Gasteiger partial charge in [0.05, 0.1) is 0 Å². The predicted octanol–water partition coefficient (Wildman–Crippen LogP) is 1.91. The minimum absolute atomic E-state index is 0.0104. The lowest BCUT2D eigenvalue weighted by Gasteiger charge is -2.05. The summed E-state index contributed by atoms with van der Waals surface area (Å²) in [4.78, 5) is 15.0. The van der Waals surface area contributed by atoms with Gasteiger partial charge in [0.2, 0.25) is 11.8 Å². The van der Waals surface area contributed by atoms with Gasteiger partial charge in [-0.25, -0.2) is 9.78 Å². The second kappa shape index (κ2) is 4.25. The zero-order chi connectivity index (χ0) is 12.4. The number of carbonyl (C=O) groups is 1. The summed E-state index contributed by atoms with van der Waals surface area (Å²) in [5.74, 6) is -0.744. The number of pyridine rings is 1. The molecule has 2 heterocycles. The molecule has 0 fully saturated rings. The first kappa shape index (κ1) is 11.1. The standard InChI is InChI=1S/C11H11N3O3/c1-6-3-4-8(11(15)16)10(12-6)17-9-5-7(2)13-14-9/h3-5H,1-2H3,(H,13,14)(H,15,16). The van der Waals surface area contributed by atoms with E-state index in [0.29, 0.717) is 11.6 Å². The van der Waals surface area contributed by atoms with E-state index in [4.69, 9.17) is 9.84 Å². The Bertz CT molecular complexity index is 563. The van der Waals surface area contributed by atoms with Crippen LogP contribution in [0.15, 0.2) is 18.2 Å². The zero-order valence-electron chi connectivity index (χ0n) is 9.39. The Hall–Kier alpha value is -2.37. The van der Waals surface area contributed by atoms with Crippen LogP contribution in [0.5, 0.6) is 11.8 Å². The van der Waals surface area contributed by atoms with Crippen molar-refractivity contribution in [3.63, 3.8) is 0 Å². The van der Waals surface area contributed by atoms with E-state index in [9.17, 15) is 4.79 Å². The van der Waals surface area contributed by atoms with Crippen LogP contribution >= 0.6 is 0 Å². The average Bonchev–Trinajstić information content (AvgIpc) is 2.63. The highest BCUT2D eigenvalue weighted by molar-refractivity contribution is 5.90. The van der Waals surface area contributed by atoms with E-state index in [1.54, 1.807) is 19.1 Å². The number of ether oxygens (including phenoxy) is 1. The fourth-order valence-corrected chi connectivity index (χ4v) is 1.32. The minimum atomic E-state index is -1.08. The van der Waals surface area contributed by atoms with Crippen molar-refractivity contribution < 1.29 is 14.6 Å². The number of hydrogen-bond donors (Lipinski definition) is 2. The molecule has 0 aliphatic carbocycles.